The van der Waals surface area contributed by atoms with Crippen LogP contribution >= 0.6 is 15.9 Å². The van der Waals surface area contributed by atoms with Gasteiger partial charge in [-0.3, -0.25) is 4.68 Å². The summed E-state index contributed by atoms with van der Waals surface area (Å²) in [6.45, 7) is 4.33. The van der Waals surface area contributed by atoms with Crippen molar-refractivity contribution in [3.05, 3.63) is 16.4 Å². The van der Waals surface area contributed by atoms with Crippen LogP contribution in [0, 0.1) is 11.8 Å². The SMILES string of the molecule is CNC(c1c(Br)cnn1CCN(C)C)C1CCCC1C. The first kappa shape index (κ1) is 16.0. The van der Waals surface area contributed by atoms with Crippen molar-refractivity contribution in [1.82, 2.24) is 20.0 Å². The molecule has 2 rings (SSSR count). The van der Waals surface area contributed by atoms with Crippen LogP contribution in [-0.4, -0.2) is 42.4 Å². The number of likely N-dealkylation sites (N-methyl/N-ethyl adjacent to an activating group) is 1. The maximum atomic E-state index is 4.56. The van der Waals surface area contributed by atoms with E-state index in [2.05, 4.69) is 64.0 Å². The van der Waals surface area contributed by atoms with E-state index in [0.717, 1.165) is 23.5 Å². The van der Waals surface area contributed by atoms with Crippen LogP contribution in [0.4, 0.5) is 0 Å². The summed E-state index contributed by atoms with van der Waals surface area (Å²) >= 11 is 3.70. The highest BCUT2D eigenvalue weighted by Gasteiger charge is 2.33. The van der Waals surface area contributed by atoms with E-state index in [1.807, 2.05) is 6.20 Å². The largest absolute Gasteiger partial charge is 0.311 e. The molecule has 0 aromatic carbocycles. The Bertz CT molecular complexity index is 430. The lowest BCUT2D eigenvalue weighted by Gasteiger charge is -2.28. The van der Waals surface area contributed by atoms with Crippen LogP contribution in [0.25, 0.3) is 0 Å². The number of nitrogens with zero attached hydrogens (tertiary/aromatic N) is 3. The molecule has 5 heteroatoms. The predicted molar refractivity (Wildman–Crippen MR) is 86.8 cm³/mol. The quantitative estimate of drug-likeness (QED) is 0.862. The minimum absolute atomic E-state index is 0.395. The number of hydrogen-bond donors (Lipinski definition) is 1. The molecule has 20 heavy (non-hydrogen) atoms. The lowest BCUT2D eigenvalue weighted by atomic mass is 9.88. The first-order valence-corrected chi connectivity index (χ1v) is 8.37. The Hall–Kier alpha value is -0.390. The van der Waals surface area contributed by atoms with Crippen LogP contribution in [0.2, 0.25) is 0 Å². The summed E-state index contributed by atoms with van der Waals surface area (Å²) in [5.41, 5.74) is 1.31. The minimum atomic E-state index is 0.395. The van der Waals surface area contributed by atoms with E-state index >= 15 is 0 Å². The Kier molecular flexibility index (Phi) is 5.64. The minimum Gasteiger partial charge on any atom is -0.311 e. The average Bonchev–Trinajstić information content (AvgIpc) is 2.97. The molecule has 1 aliphatic rings. The number of nitrogens with one attached hydrogen (secondary N) is 1. The van der Waals surface area contributed by atoms with Gasteiger partial charge < -0.3 is 10.2 Å². The summed E-state index contributed by atoms with van der Waals surface area (Å²) in [7, 11) is 6.28. The number of halogens is 1. The average molecular weight is 343 g/mol. The second kappa shape index (κ2) is 7.05. The van der Waals surface area contributed by atoms with Crippen LogP contribution in [-0.2, 0) is 6.54 Å². The van der Waals surface area contributed by atoms with Crippen molar-refractivity contribution in [2.45, 2.75) is 38.8 Å². The summed E-state index contributed by atoms with van der Waals surface area (Å²) in [6.07, 6.45) is 5.96. The third-order valence-electron chi connectivity index (χ3n) is 4.55. The Labute approximate surface area is 131 Å². The van der Waals surface area contributed by atoms with E-state index in [0.29, 0.717) is 12.0 Å². The predicted octanol–water partition coefficient (Wildman–Crippen LogP) is 2.90. The van der Waals surface area contributed by atoms with Crippen LogP contribution in [0.5, 0.6) is 0 Å². The smallest absolute Gasteiger partial charge is 0.0699 e. The lowest BCUT2D eigenvalue weighted by molar-refractivity contribution is 0.292. The molecule has 0 aliphatic heterocycles. The standard InChI is InChI=1S/C15H27BrN4/c1-11-6-5-7-12(11)14(17-2)15-13(16)10-18-20(15)9-8-19(3)4/h10-12,14,17H,5-9H2,1-4H3. The number of aromatic nitrogens is 2. The number of hydrogen-bond acceptors (Lipinski definition) is 3. The summed E-state index contributed by atoms with van der Waals surface area (Å²) in [5, 5.41) is 8.10. The van der Waals surface area contributed by atoms with Crippen LogP contribution < -0.4 is 5.32 Å². The molecule has 3 atom stereocenters. The molecule has 0 amide bonds. The molecular formula is C15H27BrN4. The summed E-state index contributed by atoms with van der Waals surface area (Å²) in [6, 6.07) is 0.395. The van der Waals surface area contributed by atoms with E-state index < -0.39 is 0 Å². The molecule has 1 aromatic rings. The Morgan fingerprint density at radius 2 is 2.25 bits per heavy atom. The van der Waals surface area contributed by atoms with Gasteiger partial charge in [-0.1, -0.05) is 19.8 Å². The highest BCUT2D eigenvalue weighted by Crippen LogP contribution is 2.41. The highest BCUT2D eigenvalue weighted by molar-refractivity contribution is 9.10. The molecular weight excluding hydrogens is 316 g/mol. The van der Waals surface area contributed by atoms with Gasteiger partial charge in [-0.15, -0.1) is 0 Å². The fourth-order valence-corrected chi connectivity index (χ4v) is 3.92. The molecule has 1 aliphatic carbocycles. The van der Waals surface area contributed by atoms with Crippen LogP contribution in [0.1, 0.15) is 37.9 Å². The number of rotatable bonds is 6. The zero-order valence-electron chi connectivity index (χ0n) is 13.1. The fraction of sp³-hybridized carbons (Fsp3) is 0.800. The van der Waals surface area contributed by atoms with E-state index in [4.69, 9.17) is 0 Å². The molecule has 1 N–H and O–H groups in total. The van der Waals surface area contributed by atoms with E-state index in [1.165, 1.54) is 25.0 Å². The van der Waals surface area contributed by atoms with Crippen LogP contribution in [0.3, 0.4) is 0 Å². The molecule has 114 valence electrons. The van der Waals surface area contributed by atoms with Crippen LogP contribution in [0.15, 0.2) is 10.7 Å². The third-order valence-corrected chi connectivity index (χ3v) is 5.16. The van der Waals surface area contributed by atoms with Gasteiger partial charge >= 0.3 is 0 Å². The fourth-order valence-electron chi connectivity index (χ4n) is 3.38. The Morgan fingerprint density at radius 3 is 2.80 bits per heavy atom. The molecule has 1 saturated carbocycles. The van der Waals surface area contributed by atoms with Gasteiger partial charge in [0.2, 0.25) is 0 Å². The zero-order valence-corrected chi connectivity index (χ0v) is 14.7. The van der Waals surface area contributed by atoms with Gasteiger partial charge in [-0.2, -0.15) is 5.10 Å². The van der Waals surface area contributed by atoms with Crippen molar-refractivity contribution in [3.8, 4) is 0 Å². The van der Waals surface area contributed by atoms with E-state index in [9.17, 15) is 0 Å². The van der Waals surface area contributed by atoms with Gasteiger partial charge in [0.1, 0.15) is 0 Å². The Morgan fingerprint density at radius 1 is 1.50 bits per heavy atom. The molecule has 0 bridgehead atoms. The van der Waals surface area contributed by atoms with Gasteiger partial charge in [0.15, 0.2) is 0 Å². The monoisotopic (exact) mass is 342 g/mol. The molecule has 1 aromatic heterocycles. The second-order valence-electron chi connectivity index (χ2n) is 6.24. The molecule has 4 nitrogen and oxygen atoms in total. The van der Waals surface area contributed by atoms with Gasteiger partial charge in [0.05, 0.1) is 29.0 Å². The highest BCUT2D eigenvalue weighted by atomic mass is 79.9. The molecule has 0 spiro atoms. The van der Waals surface area contributed by atoms with Crippen molar-refractivity contribution in [2.24, 2.45) is 11.8 Å². The summed E-state index contributed by atoms with van der Waals surface area (Å²) < 4.78 is 3.30. The Balaban J connectivity index is 2.22. The normalized spacial score (nSPS) is 24.5. The van der Waals surface area contributed by atoms with Crippen molar-refractivity contribution in [3.63, 3.8) is 0 Å². The topological polar surface area (TPSA) is 33.1 Å². The molecule has 1 heterocycles. The van der Waals surface area contributed by atoms with E-state index in [1.54, 1.807) is 0 Å². The summed E-state index contributed by atoms with van der Waals surface area (Å²) in [4.78, 5) is 2.20. The van der Waals surface area contributed by atoms with Crippen molar-refractivity contribution < 1.29 is 0 Å². The van der Waals surface area contributed by atoms with Gasteiger partial charge in [0, 0.05) is 6.54 Å². The second-order valence-corrected chi connectivity index (χ2v) is 7.10. The molecule has 0 radical (unpaired) electrons. The van der Waals surface area contributed by atoms with Crippen molar-refractivity contribution in [1.29, 1.82) is 0 Å². The zero-order chi connectivity index (χ0) is 14.7. The lowest BCUT2D eigenvalue weighted by Crippen LogP contribution is -2.30. The molecule has 1 fully saturated rings. The molecule has 0 saturated heterocycles. The third kappa shape index (κ3) is 3.43. The summed E-state index contributed by atoms with van der Waals surface area (Å²) in [5.74, 6) is 1.50. The first-order valence-electron chi connectivity index (χ1n) is 7.57. The van der Waals surface area contributed by atoms with Gasteiger partial charge in [0.25, 0.3) is 0 Å². The van der Waals surface area contributed by atoms with Crippen molar-refractivity contribution >= 4 is 15.9 Å². The maximum absolute atomic E-state index is 4.56. The maximum Gasteiger partial charge on any atom is 0.0699 e. The van der Waals surface area contributed by atoms with E-state index in [-0.39, 0.29) is 0 Å². The van der Waals surface area contributed by atoms with Crippen molar-refractivity contribution in [2.75, 3.05) is 27.7 Å². The van der Waals surface area contributed by atoms with Gasteiger partial charge in [-0.25, -0.2) is 0 Å². The van der Waals surface area contributed by atoms with Gasteiger partial charge in [-0.05, 0) is 55.3 Å². The molecule has 3 unspecified atom stereocenters. The first-order chi connectivity index (χ1) is 9.54.